The van der Waals surface area contributed by atoms with Crippen LogP contribution in [0.5, 0.6) is 5.75 Å². The van der Waals surface area contributed by atoms with Gasteiger partial charge in [0.25, 0.3) is 5.91 Å². The molecule has 0 fully saturated rings. The largest absolute Gasteiger partial charge is 0.497 e. The summed E-state index contributed by atoms with van der Waals surface area (Å²) in [6.07, 6.45) is 0.350. The number of methoxy groups -OCH3 is 1. The third kappa shape index (κ3) is 4.65. The van der Waals surface area contributed by atoms with Crippen LogP contribution in [0.2, 0.25) is 0 Å². The molecule has 0 saturated heterocycles. The quantitative estimate of drug-likeness (QED) is 0.667. The van der Waals surface area contributed by atoms with Crippen molar-refractivity contribution < 1.29 is 9.53 Å². The van der Waals surface area contributed by atoms with E-state index < -0.39 is 0 Å². The summed E-state index contributed by atoms with van der Waals surface area (Å²) in [6.45, 7) is 0. The van der Waals surface area contributed by atoms with E-state index in [2.05, 4.69) is 16.7 Å². The molecular formula is C22H19N3O2. The number of hydrogen-bond acceptors (Lipinski definition) is 4. The summed E-state index contributed by atoms with van der Waals surface area (Å²) in [7, 11) is 1.62. The summed E-state index contributed by atoms with van der Waals surface area (Å²) in [5.41, 5.74) is 3.70. The Labute approximate surface area is 158 Å². The fraction of sp³-hybridized carbons (Fsp3) is 0.0909. The van der Waals surface area contributed by atoms with Gasteiger partial charge in [-0.25, -0.2) is 0 Å². The second-order valence-electron chi connectivity index (χ2n) is 5.89. The van der Waals surface area contributed by atoms with Crippen molar-refractivity contribution in [2.75, 3.05) is 17.7 Å². The maximum Gasteiger partial charge on any atom is 0.257 e. The molecule has 0 aromatic heterocycles. The first kappa shape index (κ1) is 18.0. The molecule has 5 nitrogen and oxygen atoms in total. The maximum absolute atomic E-state index is 12.7. The first-order chi connectivity index (χ1) is 13.2. The zero-order valence-corrected chi connectivity index (χ0v) is 14.9. The van der Waals surface area contributed by atoms with Gasteiger partial charge in [0.15, 0.2) is 0 Å². The Balaban J connectivity index is 1.75. The van der Waals surface area contributed by atoms with E-state index in [-0.39, 0.29) is 5.91 Å². The third-order valence-corrected chi connectivity index (χ3v) is 4.04. The van der Waals surface area contributed by atoms with E-state index in [0.29, 0.717) is 23.4 Å². The highest BCUT2D eigenvalue weighted by atomic mass is 16.5. The summed E-state index contributed by atoms with van der Waals surface area (Å²) < 4.78 is 5.16. The van der Waals surface area contributed by atoms with Crippen LogP contribution in [0.15, 0.2) is 72.8 Å². The molecule has 3 aromatic carbocycles. The van der Waals surface area contributed by atoms with Crippen molar-refractivity contribution in [1.29, 1.82) is 5.26 Å². The average molecular weight is 357 g/mol. The molecule has 5 heteroatoms. The Hall–Kier alpha value is -3.78. The molecule has 3 aromatic rings. The molecule has 0 unspecified atom stereocenters. The van der Waals surface area contributed by atoms with Crippen LogP contribution in [-0.2, 0) is 6.42 Å². The zero-order valence-electron chi connectivity index (χ0n) is 14.9. The van der Waals surface area contributed by atoms with E-state index in [4.69, 9.17) is 10.00 Å². The molecule has 3 rings (SSSR count). The molecule has 0 aliphatic carbocycles. The summed E-state index contributed by atoms with van der Waals surface area (Å²) >= 11 is 0. The number of nitrogens with zero attached hydrogens (tertiary/aromatic N) is 1. The normalized spacial score (nSPS) is 9.93. The zero-order chi connectivity index (χ0) is 19.1. The highest BCUT2D eigenvalue weighted by Crippen LogP contribution is 2.24. The van der Waals surface area contributed by atoms with Crippen molar-refractivity contribution in [2.45, 2.75) is 6.42 Å². The van der Waals surface area contributed by atoms with Crippen LogP contribution in [0, 0.1) is 11.3 Å². The maximum atomic E-state index is 12.7. The van der Waals surface area contributed by atoms with Gasteiger partial charge in [-0.05, 0) is 54.1 Å². The Morgan fingerprint density at radius 1 is 0.963 bits per heavy atom. The minimum atomic E-state index is -0.209. The van der Waals surface area contributed by atoms with Crippen LogP contribution in [0.1, 0.15) is 15.9 Å². The topological polar surface area (TPSA) is 74.2 Å². The van der Waals surface area contributed by atoms with Crippen molar-refractivity contribution in [2.24, 2.45) is 0 Å². The molecule has 1 amide bonds. The number of benzene rings is 3. The summed E-state index contributed by atoms with van der Waals surface area (Å²) in [5, 5.41) is 14.9. The van der Waals surface area contributed by atoms with Crippen molar-refractivity contribution in [1.82, 2.24) is 0 Å². The number of rotatable bonds is 6. The van der Waals surface area contributed by atoms with Crippen molar-refractivity contribution >= 4 is 23.0 Å². The van der Waals surface area contributed by atoms with Crippen LogP contribution < -0.4 is 15.4 Å². The molecule has 27 heavy (non-hydrogen) atoms. The number of amides is 1. The molecule has 2 N–H and O–H groups in total. The summed E-state index contributed by atoms with van der Waals surface area (Å²) in [5.74, 6) is 0.561. The molecule has 0 heterocycles. The van der Waals surface area contributed by atoms with Gasteiger partial charge in [0, 0.05) is 11.4 Å². The molecule has 0 saturated carbocycles. The van der Waals surface area contributed by atoms with Crippen molar-refractivity contribution in [3.05, 3.63) is 83.9 Å². The van der Waals surface area contributed by atoms with Gasteiger partial charge in [-0.1, -0.05) is 24.3 Å². The van der Waals surface area contributed by atoms with Gasteiger partial charge in [-0.2, -0.15) is 5.26 Å². The van der Waals surface area contributed by atoms with Crippen LogP contribution in [0.3, 0.4) is 0 Å². The highest BCUT2D eigenvalue weighted by molar-refractivity contribution is 6.08. The first-order valence-electron chi connectivity index (χ1n) is 8.47. The Kier molecular flexibility index (Phi) is 5.70. The molecule has 0 spiro atoms. The molecule has 134 valence electrons. The van der Waals surface area contributed by atoms with Crippen LogP contribution in [0.4, 0.5) is 17.1 Å². The second kappa shape index (κ2) is 8.54. The predicted molar refractivity (Wildman–Crippen MR) is 106 cm³/mol. The van der Waals surface area contributed by atoms with E-state index in [1.54, 1.807) is 25.3 Å². The monoisotopic (exact) mass is 357 g/mol. The van der Waals surface area contributed by atoms with Crippen molar-refractivity contribution in [3.63, 3.8) is 0 Å². The van der Waals surface area contributed by atoms with E-state index in [1.807, 2.05) is 54.6 Å². The number of carbonyl (C=O) groups is 1. The van der Waals surface area contributed by atoms with Gasteiger partial charge in [-0.15, -0.1) is 0 Å². The number of anilines is 3. The summed E-state index contributed by atoms with van der Waals surface area (Å²) in [4.78, 5) is 12.7. The lowest BCUT2D eigenvalue weighted by molar-refractivity contribution is 0.102. The fourth-order valence-electron chi connectivity index (χ4n) is 2.62. The Morgan fingerprint density at radius 2 is 1.63 bits per heavy atom. The van der Waals surface area contributed by atoms with Crippen LogP contribution in [-0.4, -0.2) is 13.0 Å². The lowest BCUT2D eigenvalue weighted by Crippen LogP contribution is -2.13. The fourth-order valence-corrected chi connectivity index (χ4v) is 2.62. The number of carbonyl (C=O) groups excluding carboxylic acids is 1. The van der Waals surface area contributed by atoms with Gasteiger partial charge in [0.2, 0.25) is 0 Å². The lowest BCUT2D eigenvalue weighted by Gasteiger charge is -2.13. The number of nitriles is 1. The number of ether oxygens (including phenoxy) is 1. The molecule has 0 bridgehead atoms. The van der Waals surface area contributed by atoms with Gasteiger partial charge < -0.3 is 15.4 Å². The van der Waals surface area contributed by atoms with Gasteiger partial charge in [0.1, 0.15) is 5.75 Å². The van der Waals surface area contributed by atoms with Crippen molar-refractivity contribution in [3.8, 4) is 11.8 Å². The molecule has 0 aliphatic heterocycles. The Morgan fingerprint density at radius 3 is 2.30 bits per heavy atom. The molecule has 0 aliphatic rings. The highest BCUT2D eigenvalue weighted by Gasteiger charge is 2.11. The van der Waals surface area contributed by atoms with Gasteiger partial charge >= 0.3 is 0 Å². The van der Waals surface area contributed by atoms with E-state index in [0.717, 1.165) is 17.0 Å². The molecular weight excluding hydrogens is 338 g/mol. The SMILES string of the molecule is COc1ccc(Nc2ccccc2C(=O)Nc2ccc(CC#N)cc2)cc1. The minimum absolute atomic E-state index is 0.209. The lowest BCUT2D eigenvalue weighted by atomic mass is 10.1. The Bertz CT molecular complexity index is 958. The van der Waals surface area contributed by atoms with Gasteiger partial charge in [-0.3, -0.25) is 4.79 Å². The standard InChI is InChI=1S/C22H19N3O2/c1-27-19-12-10-17(11-13-19)24-21-5-3-2-4-20(21)22(26)25-18-8-6-16(7-9-18)14-15-23/h2-13,24H,14H2,1H3,(H,25,26). The minimum Gasteiger partial charge on any atom is -0.497 e. The predicted octanol–water partition coefficient (Wildman–Crippen LogP) is 4.76. The van der Waals surface area contributed by atoms with E-state index in [1.165, 1.54) is 0 Å². The number of para-hydroxylation sites is 1. The second-order valence-corrected chi connectivity index (χ2v) is 5.89. The van der Waals surface area contributed by atoms with Crippen LogP contribution in [0.25, 0.3) is 0 Å². The van der Waals surface area contributed by atoms with Gasteiger partial charge in [0.05, 0.1) is 30.9 Å². The molecule has 0 radical (unpaired) electrons. The average Bonchev–Trinajstić information content (AvgIpc) is 2.70. The number of hydrogen-bond donors (Lipinski definition) is 2. The van der Waals surface area contributed by atoms with E-state index in [9.17, 15) is 4.79 Å². The smallest absolute Gasteiger partial charge is 0.257 e. The summed E-state index contributed by atoms with van der Waals surface area (Å²) in [6, 6.07) is 24.2. The third-order valence-electron chi connectivity index (χ3n) is 4.04. The first-order valence-corrected chi connectivity index (χ1v) is 8.47. The van der Waals surface area contributed by atoms with E-state index >= 15 is 0 Å². The van der Waals surface area contributed by atoms with Crippen LogP contribution >= 0.6 is 0 Å². The molecule has 0 atom stereocenters. The number of nitrogens with one attached hydrogen (secondary N) is 2.